The third-order valence-corrected chi connectivity index (χ3v) is 3.17. The highest BCUT2D eigenvalue weighted by Gasteiger charge is 2.15. The smallest absolute Gasteiger partial charge is 0.251 e. The van der Waals surface area contributed by atoms with E-state index in [0.29, 0.717) is 17.9 Å². The third kappa shape index (κ3) is 3.44. The molecule has 0 saturated carbocycles. The Morgan fingerprint density at radius 3 is 2.50 bits per heavy atom. The molecule has 3 heteroatoms. The molecule has 20 heavy (non-hydrogen) atoms. The quantitative estimate of drug-likeness (QED) is 0.905. The van der Waals surface area contributed by atoms with Gasteiger partial charge in [0.25, 0.3) is 5.91 Å². The van der Waals surface area contributed by atoms with Crippen molar-refractivity contribution in [3.05, 3.63) is 48.0 Å². The normalized spacial score (nSPS) is 12.3. The molecule has 1 N–H and O–H groups in total. The van der Waals surface area contributed by atoms with Crippen molar-refractivity contribution >= 4 is 23.0 Å². The number of benzene rings is 2. The molecule has 0 aliphatic rings. The molecule has 0 fully saturated rings. The molecule has 1 radical (unpaired) electrons. The summed E-state index contributed by atoms with van der Waals surface area (Å²) >= 11 is 0. The van der Waals surface area contributed by atoms with Crippen molar-refractivity contribution in [1.29, 1.82) is 0 Å². The maximum Gasteiger partial charge on any atom is 0.251 e. The number of carbonyl (C=O) groups is 1. The van der Waals surface area contributed by atoms with Gasteiger partial charge in [-0.15, -0.1) is 0 Å². The zero-order valence-corrected chi connectivity index (χ0v) is 11.7. The van der Waals surface area contributed by atoms with Gasteiger partial charge in [-0.1, -0.05) is 44.2 Å². The number of hydrogen-bond donors (Lipinski definition) is 1. The molecule has 1 atom stereocenters. The molecule has 103 valence electrons. The summed E-state index contributed by atoms with van der Waals surface area (Å²) in [7, 11) is 0. The minimum Gasteiger partial charge on any atom is -0.342 e. The summed E-state index contributed by atoms with van der Waals surface area (Å²) in [4.78, 5) is 23.0. The lowest BCUT2D eigenvalue weighted by molar-refractivity contribution is 0.0943. The van der Waals surface area contributed by atoms with Crippen LogP contribution < -0.4 is 5.32 Å². The van der Waals surface area contributed by atoms with Crippen molar-refractivity contribution in [2.45, 2.75) is 26.3 Å². The van der Waals surface area contributed by atoms with E-state index in [-0.39, 0.29) is 5.91 Å². The molecule has 0 aromatic heterocycles. The molecule has 0 bridgehead atoms. The second kappa shape index (κ2) is 6.33. The lowest BCUT2D eigenvalue weighted by Crippen LogP contribution is -2.36. The van der Waals surface area contributed by atoms with E-state index in [1.165, 1.54) is 0 Å². The highest BCUT2D eigenvalue weighted by atomic mass is 16.2. The zero-order valence-electron chi connectivity index (χ0n) is 11.7. The van der Waals surface area contributed by atoms with Gasteiger partial charge in [-0.3, -0.25) is 9.59 Å². The summed E-state index contributed by atoms with van der Waals surface area (Å²) in [6, 6.07) is 12.8. The Kier molecular flexibility index (Phi) is 4.51. The van der Waals surface area contributed by atoms with Crippen molar-refractivity contribution < 1.29 is 9.59 Å². The Labute approximate surface area is 119 Å². The van der Waals surface area contributed by atoms with Gasteiger partial charge in [-0.2, -0.15) is 0 Å². The number of hydrogen-bond acceptors (Lipinski definition) is 2. The Morgan fingerprint density at radius 1 is 1.15 bits per heavy atom. The third-order valence-electron chi connectivity index (χ3n) is 3.17. The fraction of sp³-hybridized carbons (Fsp3) is 0.294. The summed E-state index contributed by atoms with van der Waals surface area (Å²) in [5.41, 5.74) is 0.563. The predicted molar refractivity (Wildman–Crippen MR) is 80.4 cm³/mol. The van der Waals surface area contributed by atoms with Crippen LogP contribution >= 0.6 is 0 Å². The monoisotopic (exact) mass is 268 g/mol. The number of rotatable bonds is 5. The fourth-order valence-electron chi connectivity index (χ4n) is 2.18. The van der Waals surface area contributed by atoms with Crippen LogP contribution in [0.15, 0.2) is 42.5 Å². The maximum atomic E-state index is 12.1. The van der Waals surface area contributed by atoms with Gasteiger partial charge in [0, 0.05) is 5.56 Å². The highest BCUT2D eigenvalue weighted by Crippen LogP contribution is 2.15. The van der Waals surface area contributed by atoms with Gasteiger partial charge in [0.15, 0.2) is 0 Å². The van der Waals surface area contributed by atoms with Crippen LogP contribution in [0.5, 0.6) is 0 Å². The number of amides is 1. The van der Waals surface area contributed by atoms with Crippen LogP contribution in [0.2, 0.25) is 0 Å². The molecular formula is C17H18NO2. The lowest BCUT2D eigenvalue weighted by atomic mass is 10.0. The summed E-state index contributed by atoms with van der Waals surface area (Å²) in [5, 5.41) is 4.81. The maximum absolute atomic E-state index is 12.1. The molecule has 0 heterocycles. The molecule has 0 spiro atoms. The minimum absolute atomic E-state index is 0.232. The first-order valence-electron chi connectivity index (χ1n) is 6.77. The largest absolute Gasteiger partial charge is 0.342 e. The van der Waals surface area contributed by atoms with E-state index in [4.69, 9.17) is 0 Å². The van der Waals surface area contributed by atoms with Gasteiger partial charge in [0.2, 0.25) is 6.29 Å². The van der Waals surface area contributed by atoms with E-state index in [2.05, 4.69) is 5.32 Å². The van der Waals surface area contributed by atoms with Crippen LogP contribution in [0.25, 0.3) is 10.8 Å². The molecule has 2 aromatic carbocycles. The van der Waals surface area contributed by atoms with Gasteiger partial charge < -0.3 is 5.32 Å². The van der Waals surface area contributed by atoms with Crippen molar-refractivity contribution in [1.82, 2.24) is 5.32 Å². The molecule has 0 aliphatic heterocycles. The van der Waals surface area contributed by atoms with Gasteiger partial charge in [0.05, 0.1) is 6.04 Å². The van der Waals surface area contributed by atoms with E-state index in [1.54, 1.807) is 6.07 Å². The number of fused-ring (bicyclic) bond motifs is 1. The summed E-state index contributed by atoms with van der Waals surface area (Å²) in [6.07, 6.45) is 2.49. The predicted octanol–water partition coefficient (Wildman–Crippen LogP) is 3.09. The Morgan fingerprint density at radius 2 is 1.85 bits per heavy atom. The number of carbonyl (C=O) groups excluding carboxylic acids is 2. The second-order valence-electron chi connectivity index (χ2n) is 5.34. The first kappa shape index (κ1) is 14.3. The van der Waals surface area contributed by atoms with Crippen LogP contribution in [0.1, 0.15) is 30.6 Å². The lowest BCUT2D eigenvalue weighted by Gasteiger charge is -2.14. The van der Waals surface area contributed by atoms with E-state index in [1.807, 2.05) is 56.5 Å². The zero-order chi connectivity index (χ0) is 14.5. The van der Waals surface area contributed by atoms with Crippen LogP contribution in [-0.4, -0.2) is 18.2 Å². The minimum atomic E-state index is -0.547. The van der Waals surface area contributed by atoms with Crippen molar-refractivity contribution in [3.63, 3.8) is 0 Å². The van der Waals surface area contributed by atoms with E-state index >= 15 is 0 Å². The Balaban J connectivity index is 2.16. The average Bonchev–Trinajstić information content (AvgIpc) is 2.45. The van der Waals surface area contributed by atoms with Crippen molar-refractivity contribution in [2.24, 2.45) is 5.92 Å². The molecule has 3 nitrogen and oxygen atoms in total. The summed E-state index contributed by atoms with van der Waals surface area (Å²) in [5.74, 6) is 0.100. The van der Waals surface area contributed by atoms with E-state index in [0.717, 1.165) is 10.8 Å². The molecule has 0 saturated heterocycles. The molecule has 1 amide bonds. The summed E-state index contributed by atoms with van der Waals surface area (Å²) in [6.45, 7) is 4.01. The number of nitrogens with one attached hydrogen (secondary N) is 1. The molecule has 0 unspecified atom stereocenters. The molecular weight excluding hydrogens is 250 g/mol. The first-order valence-corrected chi connectivity index (χ1v) is 6.77. The van der Waals surface area contributed by atoms with Crippen LogP contribution in [-0.2, 0) is 4.79 Å². The first-order chi connectivity index (χ1) is 9.60. The summed E-state index contributed by atoms with van der Waals surface area (Å²) < 4.78 is 0. The topological polar surface area (TPSA) is 46.2 Å². The molecule has 2 aromatic rings. The highest BCUT2D eigenvalue weighted by molar-refractivity contribution is 5.99. The van der Waals surface area contributed by atoms with Gasteiger partial charge >= 0.3 is 0 Å². The van der Waals surface area contributed by atoms with Crippen LogP contribution in [0.3, 0.4) is 0 Å². The van der Waals surface area contributed by atoms with Crippen molar-refractivity contribution in [3.8, 4) is 0 Å². The average molecular weight is 268 g/mol. The van der Waals surface area contributed by atoms with Gasteiger partial charge in [0.1, 0.15) is 0 Å². The Bertz CT molecular complexity index is 619. The Hall–Kier alpha value is -2.16. The van der Waals surface area contributed by atoms with E-state index < -0.39 is 6.04 Å². The molecule has 0 aliphatic carbocycles. The van der Waals surface area contributed by atoms with Crippen LogP contribution in [0.4, 0.5) is 0 Å². The van der Waals surface area contributed by atoms with Gasteiger partial charge in [-0.25, -0.2) is 0 Å². The van der Waals surface area contributed by atoms with E-state index in [9.17, 15) is 9.59 Å². The SMILES string of the molecule is CC(C)C[C@@H]([C]=O)NC(=O)c1ccc2ccccc2c1. The van der Waals surface area contributed by atoms with Crippen molar-refractivity contribution in [2.75, 3.05) is 0 Å². The van der Waals surface area contributed by atoms with Crippen LogP contribution in [0, 0.1) is 5.92 Å². The fourth-order valence-corrected chi connectivity index (χ4v) is 2.18. The second-order valence-corrected chi connectivity index (χ2v) is 5.34. The molecule has 2 rings (SSSR count). The van der Waals surface area contributed by atoms with Gasteiger partial charge in [-0.05, 0) is 35.2 Å². The standard InChI is InChI=1S/C17H18NO2/c1-12(2)9-16(11-19)18-17(20)15-8-7-13-5-3-4-6-14(13)10-15/h3-8,10,12,16H,9H2,1-2H3,(H,18,20)/t16-/m0/s1.